The fourth-order valence-corrected chi connectivity index (χ4v) is 8.19. The van der Waals surface area contributed by atoms with Gasteiger partial charge in [0.15, 0.2) is 5.69 Å². The number of aromatic nitrogens is 2. The predicted octanol–water partition coefficient (Wildman–Crippen LogP) is 3.62. The van der Waals surface area contributed by atoms with Crippen LogP contribution in [0.4, 0.5) is 5.82 Å². The molecule has 5 saturated carbocycles. The number of nitrogens with one attached hydrogen (secondary N) is 1. The first kappa shape index (κ1) is 23.6. The van der Waals surface area contributed by atoms with Crippen molar-refractivity contribution in [2.24, 2.45) is 36.0 Å². The van der Waals surface area contributed by atoms with E-state index in [-0.39, 0.29) is 46.3 Å². The van der Waals surface area contributed by atoms with Crippen molar-refractivity contribution in [1.29, 1.82) is 0 Å². The second kappa shape index (κ2) is 8.13. The first-order valence-electron chi connectivity index (χ1n) is 12.9. The summed E-state index contributed by atoms with van der Waals surface area (Å²) in [6, 6.07) is 8.16. The first-order chi connectivity index (χ1) is 17.2. The molecular formula is C27H34ClN5O3. The highest BCUT2D eigenvalue weighted by Gasteiger charge is 2.58. The molecule has 4 bridgehead atoms. The number of hydrogen-bond acceptors (Lipinski definition) is 5. The molecule has 2 aromatic rings. The molecule has 8 nitrogen and oxygen atoms in total. The highest BCUT2D eigenvalue weighted by atomic mass is 35.5. The van der Waals surface area contributed by atoms with Gasteiger partial charge in [-0.3, -0.25) is 14.3 Å². The average molecular weight is 512 g/mol. The molecule has 0 aliphatic heterocycles. The van der Waals surface area contributed by atoms with Gasteiger partial charge in [0.05, 0.1) is 12.6 Å². The summed E-state index contributed by atoms with van der Waals surface area (Å²) in [6.07, 6.45) is 6.53. The Bertz CT molecular complexity index is 1200. The molecule has 192 valence electrons. The summed E-state index contributed by atoms with van der Waals surface area (Å²) < 4.78 is 7.02. The molecule has 1 aromatic carbocycles. The summed E-state index contributed by atoms with van der Waals surface area (Å²) in [7, 11) is 5.51. The van der Waals surface area contributed by atoms with Gasteiger partial charge in [0.2, 0.25) is 5.91 Å². The third-order valence-electron chi connectivity index (χ3n) is 9.58. The lowest BCUT2D eigenvalue weighted by molar-refractivity contribution is -0.145. The molecule has 5 fully saturated rings. The fraction of sp³-hybridized carbons (Fsp3) is 0.593. The minimum Gasteiger partial charge on any atom is -0.497 e. The second-order valence-electron chi connectivity index (χ2n) is 11.5. The second-order valence-corrected chi connectivity index (χ2v) is 11.9. The van der Waals surface area contributed by atoms with Crippen LogP contribution in [-0.4, -0.2) is 41.8 Å². The molecule has 1 heterocycles. The standard InChI is InChI=1S/C27H34ClN5O3/c1-32(27(8-9-27)18-4-6-19(36-3)7-5-18)24-20(28)22(31-33(24)2)23(34)30-21-16-10-15-11-17(21)14-26(12-15,13-16)25(29)35/h4-7,15-17,21H,8-14H2,1-3H3,(H2,29,35)(H,30,34). The van der Waals surface area contributed by atoms with E-state index in [4.69, 9.17) is 22.1 Å². The molecule has 2 unspecified atom stereocenters. The predicted molar refractivity (Wildman–Crippen MR) is 137 cm³/mol. The van der Waals surface area contributed by atoms with Crippen molar-refractivity contribution in [1.82, 2.24) is 15.1 Å². The van der Waals surface area contributed by atoms with Crippen LogP contribution in [0.3, 0.4) is 0 Å². The number of carbonyl (C=O) groups is 2. The molecule has 9 heteroatoms. The van der Waals surface area contributed by atoms with Crippen molar-refractivity contribution in [2.45, 2.75) is 56.5 Å². The van der Waals surface area contributed by atoms with E-state index < -0.39 is 0 Å². The number of carbonyl (C=O) groups excluding carboxylic acids is 2. The van der Waals surface area contributed by atoms with Crippen molar-refractivity contribution in [3.8, 4) is 5.75 Å². The van der Waals surface area contributed by atoms with Gasteiger partial charge >= 0.3 is 0 Å². The number of primary amides is 1. The van der Waals surface area contributed by atoms with E-state index in [1.54, 1.807) is 11.8 Å². The molecule has 1 aromatic heterocycles. The molecule has 36 heavy (non-hydrogen) atoms. The number of halogens is 1. The highest BCUT2D eigenvalue weighted by Crippen LogP contribution is 2.60. The van der Waals surface area contributed by atoms with Crippen LogP contribution in [0.2, 0.25) is 5.02 Å². The topological polar surface area (TPSA) is 102 Å². The Morgan fingerprint density at radius 3 is 2.36 bits per heavy atom. The van der Waals surface area contributed by atoms with Gasteiger partial charge < -0.3 is 20.7 Å². The summed E-state index contributed by atoms with van der Waals surface area (Å²) in [6.45, 7) is 0. The summed E-state index contributed by atoms with van der Waals surface area (Å²) in [4.78, 5) is 27.9. The van der Waals surface area contributed by atoms with E-state index in [0.29, 0.717) is 10.9 Å². The van der Waals surface area contributed by atoms with E-state index in [1.807, 2.05) is 26.2 Å². The van der Waals surface area contributed by atoms with Crippen LogP contribution in [0.1, 0.15) is 61.0 Å². The molecule has 2 amide bonds. The van der Waals surface area contributed by atoms with Crippen molar-refractivity contribution in [3.05, 3.63) is 40.5 Å². The number of rotatable bonds is 7. The maximum absolute atomic E-state index is 13.5. The van der Waals surface area contributed by atoms with Crippen LogP contribution in [0.5, 0.6) is 5.75 Å². The summed E-state index contributed by atoms with van der Waals surface area (Å²) in [5.41, 5.74) is 6.71. The minimum atomic E-state index is -0.379. The molecule has 0 saturated heterocycles. The molecule has 5 aliphatic rings. The maximum atomic E-state index is 13.5. The lowest BCUT2D eigenvalue weighted by Crippen LogP contribution is -2.62. The Balaban J connectivity index is 1.22. The molecule has 7 rings (SSSR count). The van der Waals surface area contributed by atoms with Gasteiger partial charge in [-0.25, -0.2) is 0 Å². The van der Waals surface area contributed by atoms with E-state index in [1.165, 1.54) is 5.56 Å². The van der Waals surface area contributed by atoms with Gasteiger partial charge in [-0.05, 0) is 80.4 Å². The largest absolute Gasteiger partial charge is 0.497 e. The fourth-order valence-electron chi connectivity index (χ4n) is 7.82. The lowest BCUT2D eigenvalue weighted by atomic mass is 9.47. The molecule has 2 atom stereocenters. The quantitative estimate of drug-likeness (QED) is 0.591. The van der Waals surface area contributed by atoms with Gasteiger partial charge in [0.1, 0.15) is 16.6 Å². The van der Waals surface area contributed by atoms with E-state index >= 15 is 0 Å². The first-order valence-corrected chi connectivity index (χ1v) is 13.3. The number of anilines is 1. The summed E-state index contributed by atoms with van der Waals surface area (Å²) in [5.74, 6) is 2.24. The van der Waals surface area contributed by atoms with Crippen molar-refractivity contribution >= 4 is 29.2 Å². The zero-order valence-electron chi connectivity index (χ0n) is 21.1. The summed E-state index contributed by atoms with van der Waals surface area (Å²) >= 11 is 6.85. The van der Waals surface area contributed by atoms with Gasteiger partial charge in [-0.1, -0.05) is 23.7 Å². The molecule has 5 aliphatic carbocycles. The maximum Gasteiger partial charge on any atom is 0.273 e. The number of ether oxygens (including phenoxy) is 1. The van der Waals surface area contributed by atoms with Crippen LogP contribution in [-0.2, 0) is 17.4 Å². The number of aryl methyl sites for hydroxylation is 1. The van der Waals surface area contributed by atoms with Gasteiger partial charge in [0, 0.05) is 25.6 Å². The molecule has 0 radical (unpaired) electrons. The molecule has 0 spiro atoms. The zero-order chi connectivity index (χ0) is 25.4. The van der Waals surface area contributed by atoms with Crippen LogP contribution in [0.25, 0.3) is 0 Å². The van der Waals surface area contributed by atoms with Crippen LogP contribution >= 0.6 is 11.6 Å². The Hall–Kier alpha value is -2.74. The zero-order valence-corrected chi connectivity index (χ0v) is 21.8. The van der Waals surface area contributed by atoms with Crippen molar-refractivity contribution in [2.75, 3.05) is 19.1 Å². The number of methoxy groups -OCH3 is 1. The van der Waals surface area contributed by atoms with Crippen LogP contribution in [0, 0.1) is 23.2 Å². The smallest absolute Gasteiger partial charge is 0.273 e. The van der Waals surface area contributed by atoms with E-state index in [2.05, 4.69) is 27.4 Å². The van der Waals surface area contributed by atoms with Crippen LogP contribution in [0.15, 0.2) is 24.3 Å². The van der Waals surface area contributed by atoms with Gasteiger partial charge in [-0.15, -0.1) is 0 Å². The van der Waals surface area contributed by atoms with Crippen molar-refractivity contribution < 1.29 is 14.3 Å². The average Bonchev–Trinajstić information content (AvgIpc) is 3.60. The number of nitrogens with two attached hydrogens (primary N) is 1. The highest BCUT2D eigenvalue weighted by molar-refractivity contribution is 6.36. The Labute approximate surface area is 216 Å². The summed E-state index contributed by atoms with van der Waals surface area (Å²) in [5, 5.41) is 8.20. The third-order valence-corrected chi connectivity index (χ3v) is 9.93. The molecule has 3 N–H and O–H groups in total. The number of benzene rings is 1. The molecular weight excluding hydrogens is 478 g/mol. The monoisotopic (exact) mass is 511 g/mol. The number of hydrogen-bond donors (Lipinski definition) is 2. The lowest BCUT2D eigenvalue weighted by Gasteiger charge is -2.58. The Morgan fingerprint density at radius 2 is 1.81 bits per heavy atom. The Kier molecular flexibility index (Phi) is 5.34. The van der Waals surface area contributed by atoms with E-state index in [0.717, 1.165) is 56.5 Å². The minimum absolute atomic E-state index is 0.0369. The third kappa shape index (κ3) is 3.44. The van der Waals surface area contributed by atoms with E-state index in [9.17, 15) is 9.59 Å². The normalized spacial score (nSPS) is 31.2. The SMILES string of the molecule is COc1ccc(C2(N(C)c3c(Cl)c(C(=O)NC4C5CC6CC4CC(C(N)=O)(C6)C5)nn3C)CC2)cc1. The van der Waals surface area contributed by atoms with Crippen LogP contribution < -0.4 is 20.7 Å². The van der Waals surface area contributed by atoms with Gasteiger partial charge in [0.25, 0.3) is 5.91 Å². The number of amides is 2. The van der Waals surface area contributed by atoms with Crippen molar-refractivity contribution in [3.63, 3.8) is 0 Å². The van der Waals surface area contributed by atoms with Gasteiger partial charge in [-0.2, -0.15) is 5.10 Å². The number of nitrogens with zero attached hydrogens (tertiary/aromatic N) is 3. The Morgan fingerprint density at radius 1 is 1.17 bits per heavy atom.